The summed E-state index contributed by atoms with van der Waals surface area (Å²) in [5, 5.41) is 10.6. The Kier molecular flexibility index (Phi) is 73.8. The molecule has 0 spiro atoms. The normalized spacial score (nSPS) is 13.8. The van der Waals surface area contributed by atoms with E-state index in [4.69, 9.17) is 37.0 Å². The van der Waals surface area contributed by atoms with Crippen LogP contribution in [0.25, 0.3) is 0 Å². The van der Waals surface area contributed by atoms with Gasteiger partial charge in [0.2, 0.25) is 0 Å². The Morgan fingerprint density at radius 2 is 0.400 bits per heavy atom. The van der Waals surface area contributed by atoms with Crippen molar-refractivity contribution >= 4 is 39.5 Å². The van der Waals surface area contributed by atoms with Gasteiger partial charge in [0.05, 0.1) is 26.4 Å². The third kappa shape index (κ3) is 74.3. The first-order valence-corrected chi connectivity index (χ1v) is 45.3. The molecule has 0 aliphatic rings. The number of ether oxygens (including phenoxy) is 4. The summed E-state index contributed by atoms with van der Waals surface area (Å²) in [6.07, 6.45) is 68.1. The first kappa shape index (κ1) is 98.1. The second-order valence-corrected chi connectivity index (χ2v) is 32.1. The molecular weight excluding hydrogens is 1310 g/mol. The maximum Gasteiger partial charge on any atom is 0.472 e. The number of rotatable bonds is 82. The van der Waals surface area contributed by atoms with Crippen molar-refractivity contribution < 1.29 is 80.2 Å². The van der Waals surface area contributed by atoms with Gasteiger partial charge in [-0.2, -0.15) is 0 Å². The second kappa shape index (κ2) is 75.3. The Bertz CT molecular complexity index is 1890. The number of unbranched alkanes of at least 4 members (excludes halogenated alkanes) is 56. The van der Waals surface area contributed by atoms with Gasteiger partial charge in [0.15, 0.2) is 12.2 Å². The van der Waals surface area contributed by atoms with E-state index in [1.807, 2.05) is 0 Å². The Hall–Kier alpha value is -1.94. The molecule has 594 valence electrons. The van der Waals surface area contributed by atoms with E-state index in [1.54, 1.807) is 0 Å². The summed E-state index contributed by atoms with van der Waals surface area (Å²) >= 11 is 0. The topological polar surface area (TPSA) is 237 Å². The van der Waals surface area contributed by atoms with Gasteiger partial charge in [-0.05, 0) is 25.7 Å². The van der Waals surface area contributed by atoms with Crippen LogP contribution in [0.3, 0.4) is 0 Å². The van der Waals surface area contributed by atoms with Crippen LogP contribution in [0.4, 0.5) is 0 Å². The van der Waals surface area contributed by atoms with Gasteiger partial charge in [0, 0.05) is 25.7 Å². The van der Waals surface area contributed by atoms with Gasteiger partial charge < -0.3 is 33.8 Å². The summed E-state index contributed by atoms with van der Waals surface area (Å²) in [5.41, 5.74) is 0. The maximum atomic E-state index is 13.1. The monoisotopic (exact) mass is 1470 g/mol. The Morgan fingerprint density at radius 1 is 0.240 bits per heavy atom. The van der Waals surface area contributed by atoms with Crippen LogP contribution in [-0.2, 0) is 65.4 Å². The number of carbonyl (C=O) groups is 4. The highest BCUT2D eigenvalue weighted by atomic mass is 31.2. The molecule has 0 radical (unpaired) electrons. The predicted molar refractivity (Wildman–Crippen MR) is 409 cm³/mol. The summed E-state index contributed by atoms with van der Waals surface area (Å²) in [7, 11) is -9.91. The van der Waals surface area contributed by atoms with Gasteiger partial charge in [-0.3, -0.25) is 37.3 Å². The molecule has 0 amide bonds. The molecule has 0 aromatic carbocycles. The lowest BCUT2D eigenvalue weighted by molar-refractivity contribution is -0.161. The lowest BCUT2D eigenvalue weighted by Gasteiger charge is -2.21. The molecule has 0 aliphatic heterocycles. The van der Waals surface area contributed by atoms with Crippen molar-refractivity contribution in [2.45, 2.75) is 457 Å². The molecule has 0 saturated carbocycles. The van der Waals surface area contributed by atoms with E-state index in [9.17, 15) is 43.2 Å². The first-order valence-electron chi connectivity index (χ1n) is 42.3. The van der Waals surface area contributed by atoms with Crippen LogP contribution in [-0.4, -0.2) is 96.7 Å². The second-order valence-electron chi connectivity index (χ2n) is 29.2. The van der Waals surface area contributed by atoms with E-state index < -0.39 is 97.5 Å². The molecule has 3 N–H and O–H groups in total. The molecule has 19 heteroatoms. The van der Waals surface area contributed by atoms with Crippen molar-refractivity contribution in [1.29, 1.82) is 0 Å². The first-order chi connectivity index (χ1) is 48.7. The molecule has 0 bridgehead atoms. The van der Waals surface area contributed by atoms with Crippen molar-refractivity contribution in [3.63, 3.8) is 0 Å². The van der Waals surface area contributed by atoms with Crippen LogP contribution < -0.4 is 0 Å². The van der Waals surface area contributed by atoms with E-state index in [1.165, 1.54) is 270 Å². The van der Waals surface area contributed by atoms with Crippen molar-refractivity contribution in [1.82, 2.24) is 0 Å². The summed E-state index contributed by atoms with van der Waals surface area (Å²) < 4.78 is 68.6. The van der Waals surface area contributed by atoms with Crippen molar-refractivity contribution in [3.05, 3.63) is 0 Å². The fourth-order valence-corrected chi connectivity index (χ4v) is 14.2. The molecule has 0 heterocycles. The van der Waals surface area contributed by atoms with E-state index in [0.29, 0.717) is 25.7 Å². The van der Waals surface area contributed by atoms with E-state index in [2.05, 4.69) is 27.7 Å². The number of hydrogen-bond acceptors (Lipinski definition) is 15. The third-order valence-electron chi connectivity index (χ3n) is 19.1. The van der Waals surface area contributed by atoms with Crippen LogP contribution in [0.15, 0.2) is 0 Å². The minimum Gasteiger partial charge on any atom is -0.462 e. The van der Waals surface area contributed by atoms with Gasteiger partial charge >= 0.3 is 39.5 Å². The molecule has 2 unspecified atom stereocenters. The number of aliphatic hydroxyl groups excluding tert-OH is 1. The fourth-order valence-electron chi connectivity index (χ4n) is 12.6. The molecule has 0 aromatic rings. The Morgan fingerprint density at radius 3 is 0.590 bits per heavy atom. The van der Waals surface area contributed by atoms with Crippen LogP contribution in [0.5, 0.6) is 0 Å². The lowest BCUT2D eigenvalue weighted by Crippen LogP contribution is -2.30. The molecule has 0 aromatic heterocycles. The molecule has 100 heavy (non-hydrogen) atoms. The maximum absolute atomic E-state index is 13.1. The van der Waals surface area contributed by atoms with Gasteiger partial charge in [0.25, 0.3) is 0 Å². The molecule has 17 nitrogen and oxygen atoms in total. The zero-order chi connectivity index (χ0) is 73.2. The predicted octanol–water partition coefficient (Wildman–Crippen LogP) is 24.6. The van der Waals surface area contributed by atoms with E-state index in [0.717, 1.165) is 89.9 Å². The number of esters is 4. The van der Waals surface area contributed by atoms with Crippen LogP contribution >= 0.6 is 15.6 Å². The average Bonchev–Trinajstić information content (AvgIpc) is 0.933. The van der Waals surface area contributed by atoms with Gasteiger partial charge in [0.1, 0.15) is 19.3 Å². The smallest absolute Gasteiger partial charge is 0.462 e. The molecule has 5 atom stereocenters. The minimum absolute atomic E-state index is 0.108. The summed E-state index contributed by atoms with van der Waals surface area (Å²) in [6.45, 7) is 5.00. The largest absolute Gasteiger partial charge is 0.472 e. The van der Waals surface area contributed by atoms with Crippen molar-refractivity contribution in [3.8, 4) is 0 Å². The van der Waals surface area contributed by atoms with Crippen molar-refractivity contribution in [2.24, 2.45) is 0 Å². The molecule has 0 fully saturated rings. The average molecular weight is 1470 g/mol. The number of carbonyl (C=O) groups excluding carboxylic acids is 4. The Balaban J connectivity index is 5.18. The van der Waals surface area contributed by atoms with E-state index >= 15 is 0 Å². The molecule has 0 saturated heterocycles. The molecule has 0 rings (SSSR count). The summed E-state index contributed by atoms with van der Waals surface area (Å²) in [5.74, 6) is -2.11. The molecular formula is C81H158O17P2. The molecule has 0 aliphatic carbocycles. The highest BCUT2D eigenvalue weighted by Crippen LogP contribution is 2.45. The number of phosphoric acid groups is 2. The third-order valence-corrected chi connectivity index (χ3v) is 21.0. The number of hydrogen-bond donors (Lipinski definition) is 3. The van der Waals surface area contributed by atoms with Crippen LogP contribution in [0, 0.1) is 0 Å². The number of aliphatic hydroxyl groups is 1. The van der Waals surface area contributed by atoms with Crippen LogP contribution in [0.2, 0.25) is 0 Å². The number of phosphoric ester groups is 2. The lowest BCUT2D eigenvalue weighted by atomic mass is 10.0. The van der Waals surface area contributed by atoms with Crippen LogP contribution in [0.1, 0.15) is 439 Å². The van der Waals surface area contributed by atoms with E-state index in [-0.39, 0.29) is 25.7 Å². The highest BCUT2D eigenvalue weighted by molar-refractivity contribution is 7.47. The Labute approximate surface area is 613 Å². The summed E-state index contributed by atoms with van der Waals surface area (Å²) in [4.78, 5) is 72.9. The standard InChI is InChI=1S/C81H158O17P2/c1-5-9-13-17-21-25-28-31-33-35-36-37-38-39-41-43-45-48-52-56-60-64-68-81(86)98-77(72-92-79(84)66-62-58-54-50-47-44-42-40-34-32-29-26-22-18-14-10-6-2)74-96-100(89,90)94-70-75(82)69-93-99(87,88)95-73-76(71-91-78(83)65-61-57-53-49-24-20-16-12-8-4)97-80(85)67-63-59-55-51-46-30-27-23-19-15-11-7-3/h75-77,82H,5-74H2,1-4H3,(H,87,88)(H,89,90)/t75-,76+,77+/m0/s1. The summed E-state index contributed by atoms with van der Waals surface area (Å²) in [6, 6.07) is 0. The van der Waals surface area contributed by atoms with Gasteiger partial charge in [-0.15, -0.1) is 0 Å². The highest BCUT2D eigenvalue weighted by Gasteiger charge is 2.30. The zero-order valence-electron chi connectivity index (χ0n) is 65.2. The zero-order valence-corrected chi connectivity index (χ0v) is 67.0. The van der Waals surface area contributed by atoms with Gasteiger partial charge in [-0.25, -0.2) is 9.13 Å². The fraction of sp³-hybridized carbons (Fsp3) is 0.951. The van der Waals surface area contributed by atoms with Gasteiger partial charge in [-0.1, -0.05) is 387 Å². The quantitative estimate of drug-likeness (QED) is 0.0222. The minimum atomic E-state index is -4.96. The SMILES string of the molecule is CCCCCCCCCCCCCCCCCCCCCCCCC(=O)O[C@H](COC(=O)CCCCCCCCCCCCCCCCCCC)COP(=O)(O)OC[C@@H](O)COP(=O)(O)OC[C@@H](COC(=O)CCCCCCCCCCC)OC(=O)CCCCCCCCCCCCCC. The van der Waals surface area contributed by atoms with Crippen molar-refractivity contribution in [2.75, 3.05) is 39.6 Å².